The molecule has 4 rings (SSSR count). The Morgan fingerprint density at radius 1 is 1.21 bits per heavy atom. The summed E-state index contributed by atoms with van der Waals surface area (Å²) in [6.45, 7) is 5.40. The molecule has 2 aliphatic rings. The molecule has 1 aliphatic carbocycles. The molecule has 2 atom stereocenters. The first-order chi connectivity index (χ1) is 13.6. The van der Waals surface area contributed by atoms with Gasteiger partial charge in [-0.2, -0.15) is 0 Å². The fourth-order valence-electron chi connectivity index (χ4n) is 4.18. The van der Waals surface area contributed by atoms with Gasteiger partial charge in [0, 0.05) is 28.8 Å². The third kappa shape index (κ3) is 2.88. The summed E-state index contributed by atoms with van der Waals surface area (Å²) in [5, 5.41) is 3.47. The van der Waals surface area contributed by atoms with Crippen molar-refractivity contribution in [3.8, 4) is 28.4 Å². The van der Waals surface area contributed by atoms with Crippen molar-refractivity contribution >= 4 is 11.5 Å². The molecule has 1 fully saturated rings. The lowest BCUT2D eigenvalue weighted by Gasteiger charge is -2.23. The average molecular weight is 382 g/mol. The number of nitrogens with two attached hydrogens (primary N) is 1. The summed E-state index contributed by atoms with van der Waals surface area (Å²) in [5.74, 6) is 1.57. The molecule has 3 N–H and O–H groups in total. The molecule has 1 aliphatic heterocycles. The largest absolute Gasteiger partial charge is 0.496 e. The van der Waals surface area contributed by atoms with Gasteiger partial charge < -0.3 is 25.3 Å². The third-order valence-corrected chi connectivity index (χ3v) is 5.54. The van der Waals surface area contributed by atoms with Crippen LogP contribution in [0.5, 0.6) is 17.2 Å². The number of hydrogen-bond acceptors (Lipinski definition) is 6. The number of hydrogen-bond donors (Lipinski definition) is 2. The number of methoxy groups -OCH3 is 1. The van der Waals surface area contributed by atoms with E-state index in [4.69, 9.17) is 19.9 Å². The van der Waals surface area contributed by atoms with Gasteiger partial charge in [0.25, 0.3) is 0 Å². The van der Waals surface area contributed by atoms with Gasteiger partial charge in [0.05, 0.1) is 25.0 Å². The Labute approximate surface area is 165 Å². The Morgan fingerprint density at radius 3 is 2.71 bits per heavy atom. The average Bonchev–Trinajstić information content (AvgIpc) is 3.32. The highest BCUT2D eigenvalue weighted by Gasteiger charge is 2.36. The fourth-order valence-corrected chi connectivity index (χ4v) is 4.18. The van der Waals surface area contributed by atoms with Crippen LogP contribution in [-0.2, 0) is 0 Å². The second kappa shape index (κ2) is 7.36. The lowest BCUT2D eigenvalue weighted by atomic mass is 10.0. The maximum Gasteiger partial charge on any atom is 0.196 e. The molecule has 28 heavy (non-hydrogen) atoms. The number of carbonyl (C=O) groups is 1. The number of anilines is 1. The van der Waals surface area contributed by atoms with Crippen molar-refractivity contribution in [3.63, 3.8) is 0 Å². The number of carbonyl (C=O) groups excluding carboxylic acids is 1. The normalized spacial score (nSPS) is 18.5. The molecule has 1 heterocycles. The standard InChI is InChI=1S/C22H26N2O4/c1-4-27-17-11-16(26-3)19-18-13(22(25)20(19)21(17)23)7-5-9-15(18)28-12(2)14-8-6-10-24-14/h5,7,9,11-12,14,24H,4,6,8,10,23H2,1-3H3. The van der Waals surface area contributed by atoms with Crippen molar-refractivity contribution in [1.29, 1.82) is 0 Å². The summed E-state index contributed by atoms with van der Waals surface area (Å²) in [7, 11) is 1.58. The summed E-state index contributed by atoms with van der Waals surface area (Å²) in [4.78, 5) is 13.2. The van der Waals surface area contributed by atoms with Crippen LogP contribution in [0, 0.1) is 0 Å². The van der Waals surface area contributed by atoms with Crippen molar-refractivity contribution < 1.29 is 19.0 Å². The zero-order chi connectivity index (χ0) is 19.8. The molecule has 0 aromatic heterocycles. The van der Waals surface area contributed by atoms with E-state index in [-0.39, 0.29) is 11.9 Å². The van der Waals surface area contributed by atoms with E-state index in [1.54, 1.807) is 13.2 Å². The topological polar surface area (TPSA) is 82.8 Å². The molecule has 1 saturated heterocycles. The van der Waals surface area contributed by atoms with Gasteiger partial charge in [-0.05, 0) is 39.3 Å². The van der Waals surface area contributed by atoms with E-state index in [1.165, 1.54) is 0 Å². The molecular weight excluding hydrogens is 356 g/mol. The molecule has 6 nitrogen and oxygen atoms in total. The second-order valence-electron chi connectivity index (χ2n) is 7.21. The smallest absolute Gasteiger partial charge is 0.196 e. The molecule has 0 spiro atoms. The van der Waals surface area contributed by atoms with Crippen LogP contribution in [0.15, 0.2) is 24.3 Å². The first-order valence-corrected chi connectivity index (χ1v) is 9.78. The number of nitrogens with one attached hydrogen (secondary N) is 1. The zero-order valence-corrected chi connectivity index (χ0v) is 16.5. The van der Waals surface area contributed by atoms with Crippen LogP contribution in [0.2, 0.25) is 0 Å². The molecule has 0 amide bonds. The lowest BCUT2D eigenvalue weighted by molar-refractivity contribution is 0.104. The van der Waals surface area contributed by atoms with E-state index in [2.05, 4.69) is 12.2 Å². The van der Waals surface area contributed by atoms with Crippen LogP contribution < -0.4 is 25.3 Å². The summed E-state index contributed by atoms with van der Waals surface area (Å²) in [6.07, 6.45) is 2.22. The molecule has 0 saturated carbocycles. The van der Waals surface area contributed by atoms with Crippen LogP contribution in [0.4, 0.5) is 5.69 Å². The van der Waals surface area contributed by atoms with Crippen molar-refractivity contribution in [2.75, 3.05) is 26.0 Å². The minimum absolute atomic E-state index is 0.0146. The number of rotatable bonds is 6. The summed E-state index contributed by atoms with van der Waals surface area (Å²) < 4.78 is 17.5. The summed E-state index contributed by atoms with van der Waals surface area (Å²) in [6, 6.07) is 7.61. The highest BCUT2D eigenvalue weighted by atomic mass is 16.5. The first-order valence-electron chi connectivity index (χ1n) is 9.78. The van der Waals surface area contributed by atoms with Crippen molar-refractivity contribution in [2.24, 2.45) is 0 Å². The number of ether oxygens (including phenoxy) is 3. The predicted octanol–water partition coefficient (Wildman–Crippen LogP) is 3.41. The van der Waals surface area contributed by atoms with E-state index >= 15 is 0 Å². The van der Waals surface area contributed by atoms with Crippen molar-refractivity contribution in [1.82, 2.24) is 5.32 Å². The molecule has 6 heteroatoms. The maximum atomic E-state index is 13.2. The van der Waals surface area contributed by atoms with Crippen LogP contribution in [0.3, 0.4) is 0 Å². The van der Waals surface area contributed by atoms with Gasteiger partial charge in [0.1, 0.15) is 23.4 Å². The van der Waals surface area contributed by atoms with Crippen LogP contribution >= 0.6 is 0 Å². The predicted molar refractivity (Wildman–Crippen MR) is 109 cm³/mol. The number of nitrogen functional groups attached to an aromatic ring is 1. The van der Waals surface area contributed by atoms with Crippen molar-refractivity contribution in [3.05, 3.63) is 35.4 Å². The van der Waals surface area contributed by atoms with E-state index < -0.39 is 0 Å². The Hall–Kier alpha value is -2.73. The highest BCUT2D eigenvalue weighted by Crippen LogP contribution is 2.52. The number of benzene rings is 2. The zero-order valence-electron chi connectivity index (χ0n) is 16.5. The second-order valence-corrected chi connectivity index (χ2v) is 7.21. The molecule has 0 bridgehead atoms. The summed E-state index contributed by atoms with van der Waals surface area (Å²) >= 11 is 0. The fraction of sp³-hybridized carbons (Fsp3) is 0.409. The molecule has 2 aromatic carbocycles. The molecular formula is C22H26N2O4. The lowest BCUT2D eigenvalue weighted by Crippen LogP contribution is -2.36. The van der Waals surface area contributed by atoms with Gasteiger partial charge in [-0.25, -0.2) is 0 Å². The molecule has 0 radical (unpaired) electrons. The minimum atomic E-state index is -0.126. The number of ketones is 1. The Bertz CT molecular complexity index is 919. The van der Waals surface area contributed by atoms with E-state index in [0.717, 1.165) is 24.9 Å². The molecule has 2 aromatic rings. The van der Waals surface area contributed by atoms with Gasteiger partial charge in [0.15, 0.2) is 5.78 Å². The number of fused-ring (bicyclic) bond motifs is 3. The first kappa shape index (κ1) is 18.6. The van der Waals surface area contributed by atoms with Gasteiger partial charge in [-0.15, -0.1) is 0 Å². The van der Waals surface area contributed by atoms with Gasteiger partial charge in [-0.3, -0.25) is 4.79 Å². The minimum Gasteiger partial charge on any atom is -0.496 e. The monoisotopic (exact) mass is 382 g/mol. The van der Waals surface area contributed by atoms with E-state index in [9.17, 15) is 4.79 Å². The third-order valence-electron chi connectivity index (χ3n) is 5.54. The van der Waals surface area contributed by atoms with E-state index in [0.29, 0.717) is 52.3 Å². The van der Waals surface area contributed by atoms with E-state index in [1.807, 2.05) is 25.1 Å². The van der Waals surface area contributed by atoms with Gasteiger partial charge in [-0.1, -0.05) is 12.1 Å². The Kier molecular flexibility index (Phi) is 4.89. The molecule has 148 valence electrons. The SMILES string of the molecule is CCOc1cc(OC)c2c(c1N)C(=O)c1cccc(OC(C)C3CCCN3)c1-2. The Balaban J connectivity index is 1.83. The summed E-state index contributed by atoms with van der Waals surface area (Å²) in [5.41, 5.74) is 9.10. The van der Waals surface area contributed by atoms with Gasteiger partial charge in [0.2, 0.25) is 0 Å². The highest BCUT2D eigenvalue weighted by molar-refractivity contribution is 6.26. The van der Waals surface area contributed by atoms with Crippen LogP contribution in [0.25, 0.3) is 11.1 Å². The Morgan fingerprint density at radius 2 is 2.04 bits per heavy atom. The van der Waals surface area contributed by atoms with Gasteiger partial charge >= 0.3 is 0 Å². The molecule has 2 unspecified atom stereocenters. The van der Waals surface area contributed by atoms with Crippen LogP contribution in [0.1, 0.15) is 42.6 Å². The van der Waals surface area contributed by atoms with Crippen molar-refractivity contribution in [2.45, 2.75) is 38.8 Å². The quantitative estimate of drug-likeness (QED) is 0.636. The van der Waals surface area contributed by atoms with Crippen LogP contribution in [-0.4, -0.2) is 38.2 Å². The maximum absolute atomic E-state index is 13.2.